The molecule has 0 saturated carbocycles. The van der Waals surface area contributed by atoms with Gasteiger partial charge in [0.25, 0.3) is 0 Å². The lowest BCUT2D eigenvalue weighted by molar-refractivity contribution is -0.137. The number of phenols is 1. The van der Waals surface area contributed by atoms with Crippen LogP contribution in [0.25, 0.3) is 0 Å². The van der Waals surface area contributed by atoms with E-state index < -0.39 is 5.97 Å². The fraction of sp³-hybridized carbons (Fsp3) is 0.619. The van der Waals surface area contributed by atoms with Crippen molar-refractivity contribution in [2.45, 2.75) is 55.8 Å². The van der Waals surface area contributed by atoms with Crippen LogP contribution in [0.15, 0.2) is 12.1 Å². The average molecular weight is 459 g/mol. The maximum atomic E-state index is 11.6. The van der Waals surface area contributed by atoms with Gasteiger partial charge in [-0.05, 0) is 44.6 Å². The van der Waals surface area contributed by atoms with Gasteiger partial charge in [-0.2, -0.15) is 11.8 Å². The number of hydrogen-bond acceptors (Lipinski definition) is 7. The molecule has 1 fully saturated rings. The van der Waals surface area contributed by atoms with Crippen LogP contribution < -0.4 is 4.74 Å². The van der Waals surface area contributed by atoms with E-state index in [4.69, 9.17) is 9.84 Å². The largest absolute Gasteiger partial charge is 0.507 e. The monoisotopic (exact) mass is 458 g/mol. The molecule has 2 atom stereocenters. The van der Waals surface area contributed by atoms with E-state index in [9.17, 15) is 14.7 Å². The summed E-state index contributed by atoms with van der Waals surface area (Å²) in [6, 6.07) is 3.41. The second-order valence-electron chi connectivity index (χ2n) is 7.28. The molecule has 1 aromatic rings. The zero-order valence-electron chi connectivity index (χ0n) is 17.2. The molecule has 2 rings (SSSR count). The predicted octanol–water partition coefficient (Wildman–Crippen LogP) is 5.09. The Morgan fingerprint density at radius 3 is 2.79 bits per heavy atom. The Morgan fingerprint density at radius 2 is 2.14 bits per heavy atom. The van der Waals surface area contributed by atoms with Crippen molar-refractivity contribution < 1.29 is 24.5 Å². The lowest BCUT2D eigenvalue weighted by Gasteiger charge is -2.19. The van der Waals surface area contributed by atoms with Gasteiger partial charge in [-0.25, -0.2) is 0 Å². The van der Waals surface area contributed by atoms with Gasteiger partial charge in [0.05, 0.1) is 22.7 Å². The molecule has 1 aromatic carbocycles. The summed E-state index contributed by atoms with van der Waals surface area (Å²) in [6.07, 6.45) is 2.62. The van der Waals surface area contributed by atoms with Crippen LogP contribution in [0.3, 0.4) is 0 Å². The third-order valence-corrected chi connectivity index (χ3v) is 9.49. The SMILES string of the molecule is CCCc1c(OCCCSCC2CSC(C)(CC(=O)O)S2)ccc(C(C)=O)c1O. The minimum absolute atomic E-state index is 0.0476. The van der Waals surface area contributed by atoms with E-state index in [1.807, 2.05) is 25.6 Å². The maximum absolute atomic E-state index is 11.6. The Hall–Kier alpha value is -0.990. The van der Waals surface area contributed by atoms with Crippen LogP contribution in [0.2, 0.25) is 0 Å². The molecule has 8 heteroatoms. The number of aromatic hydroxyl groups is 1. The standard InChI is InChI=1S/C21H30O5S3/c1-4-6-17-18(8-7-16(14(2)22)20(17)25)26-9-5-10-27-12-15-13-28-21(3,29-15)11-19(23)24/h7-8,15,25H,4-6,9-13H2,1-3H3,(H,23,24). The Bertz CT molecular complexity index is 725. The number of carboxylic acid groups (broad SMARTS) is 1. The molecule has 2 N–H and O–H groups in total. The molecule has 0 aliphatic carbocycles. The molecule has 0 spiro atoms. The summed E-state index contributed by atoms with van der Waals surface area (Å²) in [5.74, 6) is 2.81. The van der Waals surface area contributed by atoms with Crippen LogP contribution in [-0.4, -0.2) is 55.2 Å². The van der Waals surface area contributed by atoms with E-state index in [1.165, 1.54) is 6.92 Å². The number of Topliss-reactive ketones (excluding diaryl/α,β-unsaturated/α-hetero) is 1. The number of carboxylic acids is 1. The topological polar surface area (TPSA) is 83.8 Å². The van der Waals surface area contributed by atoms with Gasteiger partial charge in [0, 0.05) is 22.3 Å². The van der Waals surface area contributed by atoms with Crippen molar-refractivity contribution in [2.75, 3.05) is 23.9 Å². The van der Waals surface area contributed by atoms with Crippen molar-refractivity contribution in [3.63, 3.8) is 0 Å². The molecule has 0 amide bonds. The highest BCUT2D eigenvalue weighted by Gasteiger charge is 2.38. The number of carbonyl (C=O) groups excluding carboxylic acids is 1. The Kier molecular flexibility index (Phi) is 9.56. The van der Waals surface area contributed by atoms with E-state index in [0.717, 1.165) is 30.1 Å². The van der Waals surface area contributed by atoms with Crippen LogP contribution >= 0.6 is 35.3 Å². The first-order valence-corrected chi connectivity index (χ1v) is 12.9. The average Bonchev–Trinajstić information content (AvgIpc) is 3.00. The summed E-state index contributed by atoms with van der Waals surface area (Å²) in [7, 11) is 0. The summed E-state index contributed by atoms with van der Waals surface area (Å²) in [6.45, 7) is 6.07. The van der Waals surface area contributed by atoms with Crippen molar-refractivity contribution in [3.8, 4) is 11.5 Å². The van der Waals surface area contributed by atoms with Gasteiger partial charge in [0.15, 0.2) is 5.78 Å². The van der Waals surface area contributed by atoms with Crippen molar-refractivity contribution in [2.24, 2.45) is 0 Å². The van der Waals surface area contributed by atoms with Gasteiger partial charge >= 0.3 is 5.97 Å². The number of benzene rings is 1. The molecule has 0 aromatic heterocycles. The highest BCUT2D eigenvalue weighted by molar-refractivity contribution is 8.22. The second-order valence-corrected chi connectivity index (χ2v) is 12.0. The highest BCUT2D eigenvalue weighted by Crippen LogP contribution is 2.50. The maximum Gasteiger partial charge on any atom is 0.305 e. The third-order valence-electron chi connectivity index (χ3n) is 4.58. The fourth-order valence-corrected chi connectivity index (χ4v) is 7.96. The summed E-state index contributed by atoms with van der Waals surface area (Å²) in [4.78, 5) is 22.6. The van der Waals surface area contributed by atoms with Crippen LogP contribution in [0.5, 0.6) is 11.5 Å². The number of hydrogen-bond donors (Lipinski definition) is 2. The summed E-state index contributed by atoms with van der Waals surface area (Å²) >= 11 is 5.42. The molecular weight excluding hydrogens is 428 g/mol. The number of aliphatic carboxylic acids is 1. The molecule has 1 aliphatic heterocycles. The first-order chi connectivity index (χ1) is 13.8. The molecule has 1 saturated heterocycles. The smallest absolute Gasteiger partial charge is 0.305 e. The minimum atomic E-state index is -0.734. The lowest BCUT2D eigenvalue weighted by Crippen LogP contribution is -2.18. The summed E-state index contributed by atoms with van der Waals surface area (Å²) in [5.41, 5.74) is 1.06. The fourth-order valence-electron chi connectivity index (χ4n) is 3.23. The first-order valence-electron chi connectivity index (χ1n) is 9.85. The van der Waals surface area contributed by atoms with Crippen LogP contribution in [0.1, 0.15) is 56.0 Å². The summed E-state index contributed by atoms with van der Waals surface area (Å²) in [5, 5.41) is 19.9. The van der Waals surface area contributed by atoms with Gasteiger partial charge in [-0.15, -0.1) is 23.5 Å². The molecule has 162 valence electrons. The van der Waals surface area contributed by atoms with Gasteiger partial charge in [0.1, 0.15) is 11.5 Å². The van der Waals surface area contributed by atoms with Crippen molar-refractivity contribution in [3.05, 3.63) is 23.3 Å². The predicted molar refractivity (Wildman–Crippen MR) is 124 cm³/mol. The zero-order valence-corrected chi connectivity index (χ0v) is 19.7. The summed E-state index contributed by atoms with van der Waals surface area (Å²) < 4.78 is 5.69. The van der Waals surface area contributed by atoms with E-state index in [1.54, 1.807) is 35.7 Å². The number of ether oxygens (including phenoxy) is 1. The van der Waals surface area contributed by atoms with Gasteiger partial charge < -0.3 is 14.9 Å². The third kappa shape index (κ3) is 7.33. The van der Waals surface area contributed by atoms with Crippen LogP contribution in [0, 0.1) is 0 Å². The van der Waals surface area contributed by atoms with Gasteiger partial charge in [-0.3, -0.25) is 9.59 Å². The molecule has 2 unspecified atom stereocenters. The Labute approximate surface area is 185 Å². The van der Waals surface area contributed by atoms with Gasteiger partial charge in [0.2, 0.25) is 0 Å². The number of ketones is 1. The molecule has 1 aliphatic rings. The highest BCUT2D eigenvalue weighted by atomic mass is 32.2. The number of phenolic OH excluding ortho intramolecular Hbond substituents is 1. The Morgan fingerprint density at radius 1 is 1.38 bits per heavy atom. The minimum Gasteiger partial charge on any atom is -0.507 e. The van der Waals surface area contributed by atoms with Crippen LogP contribution in [0.4, 0.5) is 0 Å². The Balaban J connectivity index is 1.74. The second kappa shape index (κ2) is 11.4. The number of carbonyl (C=O) groups is 2. The van der Waals surface area contributed by atoms with Crippen LogP contribution in [-0.2, 0) is 11.2 Å². The number of rotatable bonds is 12. The van der Waals surface area contributed by atoms with Crippen molar-refractivity contribution in [1.82, 2.24) is 0 Å². The molecule has 0 bridgehead atoms. The molecule has 5 nitrogen and oxygen atoms in total. The molecule has 1 heterocycles. The first kappa shape index (κ1) is 24.3. The molecule has 0 radical (unpaired) electrons. The zero-order chi connectivity index (χ0) is 21.4. The van der Waals surface area contributed by atoms with Crippen molar-refractivity contribution >= 4 is 47.0 Å². The van der Waals surface area contributed by atoms with E-state index in [-0.39, 0.29) is 22.0 Å². The van der Waals surface area contributed by atoms with Crippen molar-refractivity contribution in [1.29, 1.82) is 0 Å². The quantitative estimate of drug-likeness (QED) is 0.331. The number of thioether (sulfide) groups is 3. The van der Waals surface area contributed by atoms with E-state index in [0.29, 0.717) is 35.2 Å². The lowest BCUT2D eigenvalue weighted by atomic mass is 10.0. The van der Waals surface area contributed by atoms with E-state index in [2.05, 4.69) is 0 Å². The molecule has 29 heavy (non-hydrogen) atoms. The van der Waals surface area contributed by atoms with E-state index >= 15 is 0 Å². The van der Waals surface area contributed by atoms with Gasteiger partial charge in [-0.1, -0.05) is 13.3 Å². The normalized spacial score (nSPS) is 21.3. The molecular formula is C21H30O5S3.